The van der Waals surface area contributed by atoms with Crippen LogP contribution < -0.4 is 10.5 Å². The van der Waals surface area contributed by atoms with E-state index in [1.807, 2.05) is 13.8 Å². The normalized spacial score (nSPS) is 11.3. The minimum Gasteiger partial charge on any atom is -0.480 e. The van der Waals surface area contributed by atoms with E-state index in [2.05, 4.69) is 0 Å². The van der Waals surface area contributed by atoms with Crippen LogP contribution in [0.3, 0.4) is 0 Å². The average Bonchev–Trinajstić information content (AvgIpc) is 2.82. The van der Waals surface area contributed by atoms with Crippen molar-refractivity contribution in [2.24, 2.45) is 5.73 Å². The van der Waals surface area contributed by atoms with Gasteiger partial charge < -0.3 is 20.5 Å². The fourth-order valence-corrected chi connectivity index (χ4v) is 3.76. The molecule has 0 atom stereocenters. The Morgan fingerprint density at radius 1 is 1.00 bits per heavy atom. The van der Waals surface area contributed by atoms with E-state index in [9.17, 15) is 19.5 Å². The highest BCUT2D eigenvalue weighted by atomic mass is 16.5. The molecule has 0 radical (unpaired) electrons. The van der Waals surface area contributed by atoms with Crippen LogP contribution in [0.15, 0.2) is 54.1 Å². The van der Waals surface area contributed by atoms with Crippen molar-refractivity contribution < 1.29 is 24.2 Å². The molecule has 0 aliphatic rings. The second-order valence-electron chi connectivity index (χ2n) is 8.33. The van der Waals surface area contributed by atoms with Crippen molar-refractivity contribution in [3.05, 3.63) is 70.8 Å². The maximum Gasteiger partial charge on any atom is 0.343 e. The first kappa shape index (κ1) is 27.3. The van der Waals surface area contributed by atoms with Gasteiger partial charge in [-0.15, -0.1) is 0 Å². The molecule has 0 aliphatic carbocycles. The van der Waals surface area contributed by atoms with Gasteiger partial charge in [0.1, 0.15) is 18.1 Å². The SMILES string of the molecule is CCCC(CCC)N(CC(=O)O)C(=O)C(C)=Cc1ccc(C(=O)Oc2ccc(C(=N)N)cc2)cc1. The zero-order chi connectivity index (χ0) is 26.0. The molecule has 0 unspecified atom stereocenters. The molecule has 0 spiro atoms. The molecule has 2 aromatic rings. The number of carbonyl (C=O) groups excluding carboxylic acids is 2. The molecule has 1 amide bonds. The van der Waals surface area contributed by atoms with E-state index in [1.165, 1.54) is 4.90 Å². The molecule has 4 N–H and O–H groups in total. The van der Waals surface area contributed by atoms with Crippen LogP contribution in [-0.4, -0.2) is 46.3 Å². The van der Waals surface area contributed by atoms with Crippen LogP contribution in [0.25, 0.3) is 6.08 Å². The highest BCUT2D eigenvalue weighted by Crippen LogP contribution is 2.19. The smallest absolute Gasteiger partial charge is 0.343 e. The summed E-state index contributed by atoms with van der Waals surface area (Å²) < 4.78 is 5.35. The zero-order valence-corrected chi connectivity index (χ0v) is 20.4. The first-order valence-corrected chi connectivity index (χ1v) is 11.6. The Morgan fingerprint density at radius 2 is 1.54 bits per heavy atom. The van der Waals surface area contributed by atoms with E-state index in [-0.39, 0.29) is 24.3 Å². The number of rotatable bonds is 12. The van der Waals surface area contributed by atoms with Gasteiger partial charge in [0.15, 0.2) is 0 Å². The summed E-state index contributed by atoms with van der Waals surface area (Å²) in [5.41, 5.74) is 7.41. The van der Waals surface area contributed by atoms with E-state index < -0.39 is 11.9 Å². The van der Waals surface area contributed by atoms with Crippen molar-refractivity contribution >= 4 is 29.8 Å². The predicted molar refractivity (Wildman–Crippen MR) is 135 cm³/mol. The number of amides is 1. The Morgan fingerprint density at radius 3 is 2.03 bits per heavy atom. The van der Waals surface area contributed by atoms with Crippen molar-refractivity contribution in [3.63, 3.8) is 0 Å². The number of carboxylic acid groups (broad SMARTS) is 1. The summed E-state index contributed by atoms with van der Waals surface area (Å²) in [5, 5.41) is 16.7. The number of nitrogen functional groups attached to an aromatic ring is 1. The van der Waals surface area contributed by atoms with Crippen LogP contribution in [0, 0.1) is 5.41 Å². The third-order valence-electron chi connectivity index (χ3n) is 5.49. The van der Waals surface area contributed by atoms with Crippen LogP contribution in [0.2, 0.25) is 0 Å². The molecule has 8 nitrogen and oxygen atoms in total. The van der Waals surface area contributed by atoms with Crippen LogP contribution in [0.1, 0.15) is 67.9 Å². The molecule has 0 bridgehead atoms. The van der Waals surface area contributed by atoms with E-state index in [1.54, 1.807) is 61.5 Å². The Labute approximate surface area is 205 Å². The second kappa shape index (κ2) is 13.1. The van der Waals surface area contributed by atoms with Crippen molar-refractivity contribution in [3.8, 4) is 5.75 Å². The second-order valence-corrected chi connectivity index (χ2v) is 8.33. The van der Waals surface area contributed by atoms with E-state index in [4.69, 9.17) is 15.9 Å². The Balaban J connectivity index is 2.14. The number of carboxylic acids is 1. The van der Waals surface area contributed by atoms with Crippen molar-refractivity contribution in [1.29, 1.82) is 5.41 Å². The van der Waals surface area contributed by atoms with Gasteiger partial charge in [-0.1, -0.05) is 38.8 Å². The maximum atomic E-state index is 13.1. The molecule has 0 aromatic heterocycles. The third-order valence-corrected chi connectivity index (χ3v) is 5.49. The van der Waals surface area contributed by atoms with Crippen LogP contribution >= 0.6 is 0 Å². The lowest BCUT2D eigenvalue weighted by Crippen LogP contribution is -2.43. The molecule has 0 aliphatic heterocycles. The summed E-state index contributed by atoms with van der Waals surface area (Å²) in [4.78, 5) is 38.4. The number of nitrogens with two attached hydrogens (primary N) is 1. The fourth-order valence-electron chi connectivity index (χ4n) is 3.76. The van der Waals surface area contributed by atoms with Crippen molar-refractivity contribution in [2.45, 2.75) is 52.5 Å². The first-order valence-electron chi connectivity index (χ1n) is 11.6. The monoisotopic (exact) mass is 479 g/mol. The Bertz CT molecular complexity index is 1070. The van der Waals surface area contributed by atoms with Crippen molar-refractivity contribution in [2.75, 3.05) is 6.54 Å². The van der Waals surface area contributed by atoms with Gasteiger partial charge in [-0.3, -0.25) is 15.0 Å². The lowest BCUT2D eigenvalue weighted by Gasteiger charge is -2.30. The molecule has 0 heterocycles. The minimum absolute atomic E-state index is 0.0716. The van der Waals surface area contributed by atoms with Gasteiger partial charge >= 0.3 is 11.9 Å². The van der Waals surface area contributed by atoms with Crippen molar-refractivity contribution in [1.82, 2.24) is 4.90 Å². The lowest BCUT2D eigenvalue weighted by atomic mass is 10.0. The molecule has 0 saturated carbocycles. The first-order chi connectivity index (χ1) is 16.7. The van der Waals surface area contributed by atoms with E-state index in [0.29, 0.717) is 28.0 Å². The summed E-state index contributed by atoms with van der Waals surface area (Å²) in [6.07, 6.45) is 4.88. The number of hydrogen-bond acceptors (Lipinski definition) is 5. The average molecular weight is 480 g/mol. The number of amidine groups is 1. The fraction of sp³-hybridized carbons (Fsp3) is 0.333. The molecule has 2 rings (SSSR count). The maximum absolute atomic E-state index is 13.1. The molecule has 35 heavy (non-hydrogen) atoms. The largest absolute Gasteiger partial charge is 0.480 e. The van der Waals surface area contributed by atoms with E-state index in [0.717, 1.165) is 25.7 Å². The summed E-state index contributed by atoms with van der Waals surface area (Å²) in [6.45, 7) is 5.36. The van der Waals surface area contributed by atoms with Gasteiger partial charge in [0.25, 0.3) is 0 Å². The predicted octanol–water partition coefficient (Wildman–Crippen LogP) is 4.48. The Hall–Kier alpha value is -3.94. The van der Waals surface area contributed by atoms with E-state index >= 15 is 0 Å². The summed E-state index contributed by atoms with van der Waals surface area (Å²) in [5.74, 6) is -1.63. The zero-order valence-electron chi connectivity index (χ0n) is 20.4. The number of esters is 1. The summed E-state index contributed by atoms with van der Waals surface area (Å²) in [7, 11) is 0. The highest BCUT2D eigenvalue weighted by Gasteiger charge is 2.25. The molecule has 8 heteroatoms. The van der Waals surface area contributed by atoms with Gasteiger partial charge in [-0.05, 0) is 67.8 Å². The lowest BCUT2D eigenvalue weighted by molar-refractivity contribution is -0.144. The number of benzene rings is 2. The number of nitrogens with zero attached hydrogens (tertiary/aromatic N) is 1. The summed E-state index contributed by atoms with van der Waals surface area (Å²) >= 11 is 0. The minimum atomic E-state index is -1.04. The molecular weight excluding hydrogens is 446 g/mol. The number of hydrogen-bond donors (Lipinski definition) is 3. The van der Waals surface area contributed by atoms with Crippen LogP contribution in [0.5, 0.6) is 5.75 Å². The van der Waals surface area contributed by atoms with Gasteiger partial charge in [-0.25, -0.2) is 4.79 Å². The molecule has 186 valence electrons. The van der Waals surface area contributed by atoms with Gasteiger partial charge in [0, 0.05) is 17.2 Å². The quantitative estimate of drug-likeness (QED) is 0.135. The van der Waals surface area contributed by atoms with Gasteiger partial charge in [0.2, 0.25) is 5.91 Å². The van der Waals surface area contributed by atoms with Gasteiger partial charge in [-0.2, -0.15) is 0 Å². The topological polar surface area (TPSA) is 134 Å². The number of ether oxygens (including phenoxy) is 1. The van der Waals surface area contributed by atoms with Crippen LogP contribution in [-0.2, 0) is 9.59 Å². The molecular formula is C27H33N3O5. The number of nitrogens with one attached hydrogen (secondary N) is 1. The number of carbonyl (C=O) groups is 3. The van der Waals surface area contributed by atoms with Crippen LogP contribution in [0.4, 0.5) is 0 Å². The molecule has 2 aromatic carbocycles. The summed E-state index contributed by atoms with van der Waals surface area (Å²) in [6, 6.07) is 12.8. The third kappa shape index (κ3) is 8.10. The van der Waals surface area contributed by atoms with Gasteiger partial charge in [0.05, 0.1) is 5.56 Å². The highest BCUT2D eigenvalue weighted by molar-refractivity contribution is 5.99. The molecule has 0 fully saturated rings. The Kier molecular flexibility index (Phi) is 10.2. The standard InChI is InChI=1S/C27H33N3O5/c1-4-6-22(7-5-2)30(17-24(31)32)26(33)18(3)16-19-8-10-21(11-9-19)27(34)35-23-14-12-20(13-15-23)25(28)29/h8-16,22H,4-7,17H2,1-3H3,(H3,28,29)(H,31,32). The number of aliphatic carboxylic acids is 1. The molecule has 0 saturated heterocycles.